The molecule has 0 spiro atoms. The van der Waals surface area contributed by atoms with Gasteiger partial charge in [0.1, 0.15) is 18.2 Å². The summed E-state index contributed by atoms with van der Waals surface area (Å²) >= 11 is 0. The van der Waals surface area contributed by atoms with Gasteiger partial charge in [-0.05, 0) is 104 Å². The molecule has 2 aliphatic carbocycles. The molecule has 0 bridgehead atoms. The molecule has 31 heavy (non-hydrogen) atoms. The van der Waals surface area contributed by atoms with E-state index in [1.165, 1.54) is 51.4 Å². The highest BCUT2D eigenvalue weighted by Crippen LogP contribution is 2.45. The number of allylic oxidation sites excluding steroid dienone is 1. The molecule has 2 heteroatoms. The number of fused-ring (bicyclic) bond motifs is 1. The topological polar surface area (TPSA) is 9.23 Å². The standard InChI is InChI=1S/C29H37FO/c1-3-5-6-21-7-9-22(10-8-21)23-11-13-24(14-12-23)27-17-15-25-20-26(31-19-4-2)16-18-28(25)29(27)30/h3-4,15-18,20-24H,1-2,5-14,19H2. The van der Waals surface area contributed by atoms with Gasteiger partial charge < -0.3 is 4.74 Å². The summed E-state index contributed by atoms with van der Waals surface area (Å²) in [5, 5.41) is 1.62. The third kappa shape index (κ3) is 5.22. The van der Waals surface area contributed by atoms with Gasteiger partial charge in [0.05, 0.1) is 0 Å². The quantitative estimate of drug-likeness (QED) is 0.388. The zero-order valence-corrected chi connectivity index (χ0v) is 18.8. The summed E-state index contributed by atoms with van der Waals surface area (Å²) in [6.45, 7) is 8.01. The molecule has 0 unspecified atom stereocenters. The van der Waals surface area contributed by atoms with Crippen molar-refractivity contribution in [1.82, 2.24) is 0 Å². The fourth-order valence-electron chi connectivity index (χ4n) is 6.05. The fraction of sp³-hybridized carbons (Fsp3) is 0.517. The molecule has 0 N–H and O–H groups in total. The second-order valence-electron chi connectivity index (χ2n) is 9.71. The van der Waals surface area contributed by atoms with Crippen LogP contribution in [-0.4, -0.2) is 6.61 Å². The Kier molecular flexibility index (Phi) is 7.48. The van der Waals surface area contributed by atoms with Gasteiger partial charge in [-0.3, -0.25) is 0 Å². The molecule has 0 aromatic heterocycles. The van der Waals surface area contributed by atoms with E-state index in [4.69, 9.17) is 4.74 Å². The van der Waals surface area contributed by atoms with Crippen LogP contribution in [0.1, 0.15) is 75.7 Å². The van der Waals surface area contributed by atoms with E-state index in [1.807, 2.05) is 24.3 Å². The molecule has 0 atom stereocenters. The number of hydrogen-bond acceptors (Lipinski definition) is 1. The lowest BCUT2D eigenvalue weighted by molar-refractivity contribution is 0.156. The molecule has 0 aliphatic heterocycles. The number of benzene rings is 2. The van der Waals surface area contributed by atoms with Crippen molar-refractivity contribution in [2.75, 3.05) is 6.61 Å². The summed E-state index contributed by atoms with van der Waals surface area (Å²) in [7, 11) is 0. The molecular weight excluding hydrogens is 383 g/mol. The number of ether oxygens (including phenoxy) is 1. The summed E-state index contributed by atoms with van der Waals surface area (Å²) in [6.07, 6.45) is 16.7. The van der Waals surface area contributed by atoms with Crippen LogP contribution in [0.25, 0.3) is 10.8 Å². The Morgan fingerprint density at radius 3 is 2.26 bits per heavy atom. The van der Waals surface area contributed by atoms with Gasteiger partial charge in [0.2, 0.25) is 0 Å². The predicted octanol–water partition coefficient (Wildman–Crippen LogP) is 8.59. The Morgan fingerprint density at radius 1 is 0.871 bits per heavy atom. The van der Waals surface area contributed by atoms with Crippen molar-refractivity contribution in [3.8, 4) is 5.75 Å². The second-order valence-corrected chi connectivity index (χ2v) is 9.71. The summed E-state index contributed by atoms with van der Waals surface area (Å²) in [4.78, 5) is 0. The smallest absolute Gasteiger partial charge is 0.134 e. The molecule has 2 saturated carbocycles. The molecule has 2 aromatic carbocycles. The Balaban J connectivity index is 1.36. The number of halogens is 1. The first-order chi connectivity index (χ1) is 15.2. The first-order valence-corrected chi connectivity index (χ1v) is 12.3. The zero-order chi connectivity index (χ0) is 21.6. The average molecular weight is 421 g/mol. The van der Waals surface area contributed by atoms with E-state index in [2.05, 4.69) is 25.3 Å². The van der Waals surface area contributed by atoms with Crippen LogP contribution in [0.5, 0.6) is 5.75 Å². The minimum Gasteiger partial charge on any atom is -0.490 e. The van der Waals surface area contributed by atoms with Crippen LogP contribution in [0.15, 0.2) is 55.6 Å². The summed E-state index contributed by atoms with van der Waals surface area (Å²) in [5.41, 5.74) is 0.916. The monoisotopic (exact) mass is 420 g/mol. The first-order valence-electron chi connectivity index (χ1n) is 12.3. The maximum Gasteiger partial charge on any atom is 0.134 e. The Labute approximate surface area is 187 Å². The van der Waals surface area contributed by atoms with Crippen molar-refractivity contribution >= 4 is 10.8 Å². The van der Waals surface area contributed by atoms with Crippen LogP contribution in [0.3, 0.4) is 0 Å². The highest BCUT2D eigenvalue weighted by molar-refractivity contribution is 5.85. The molecule has 2 fully saturated rings. The molecule has 0 amide bonds. The summed E-state index contributed by atoms with van der Waals surface area (Å²) < 4.78 is 21.0. The lowest BCUT2D eigenvalue weighted by Crippen LogP contribution is -2.25. The van der Waals surface area contributed by atoms with Crippen LogP contribution in [0, 0.1) is 23.6 Å². The van der Waals surface area contributed by atoms with Crippen LogP contribution in [0.4, 0.5) is 4.39 Å². The highest BCUT2D eigenvalue weighted by Gasteiger charge is 2.32. The van der Waals surface area contributed by atoms with E-state index in [0.717, 1.165) is 47.3 Å². The van der Waals surface area contributed by atoms with Crippen LogP contribution < -0.4 is 4.74 Å². The van der Waals surface area contributed by atoms with Gasteiger partial charge in [0.15, 0.2) is 0 Å². The first kappa shape index (κ1) is 22.1. The van der Waals surface area contributed by atoms with Gasteiger partial charge in [-0.15, -0.1) is 6.58 Å². The van der Waals surface area contributed by atoms with Gasteiger partial charge in [0.25, 0.3) is 0 Å². The lowest BCUT2D eigenvalue weighted by atomic mass is 9.68. The van der Waals surface area contributed by atoms with E-state index in [-0.39, 0.29) is 5.82 Å². The number of rotatable bonds is 8. The summed E-state index contributed by atoms with van der Waals surface area (Å²) in [6, 6.07) is 9.73. The third-order valence-electron chi connectivity index (χ3n) is 7.87. The molecule has 0 heterocycles. The van der Waals surface area contributed by atoms with Crippen LogP contribution in [0.2, 0.25) is 0 Å². The average Bonchev–Trinajstić information content (AvgIpc) is 2.82. The summed E-state index contributed by atoms with van der Waals surface area (Å²) in [5.74, 6) is 3.76. The van der Waals surface area contributed by atoms with Gasteiger partial charge in [-0.2, -0.15) is 0 Å². The van der Waals surface area contributed by atoms with Crippen molar-refractivity contribution in [3.05, 3.63) is 67.0 Å². The molecule has 1 nitrogen and oxygen atoms in total. The van der Waals surface area contributed by atoms with Gasteiger partial charge in [0, 0.05) is 5.39 Å². The third-order valence-corrected chi connectivity index (χ3v) is 7.87. The van der Waals surface area contributed by atoms with Crippen molar-refractivity contribution < 1.29 is 9.13 Å². The Bertz CT molecular complexity index is 885. The Hall–Kier alpha value is -2.09. The minimum absolute atomic E-state index is 0.0288. The molecule has 4 rings (SSSR count). The largest absolute Gasteiger partial charge is 0.490 e. The van der Waals surface area contributed by atoms with Crippen LogP contribution >= 0.6 is 0 Å². The molecule has 0 radical (unpaired) electrons. The molecular formula is C29H37FO. The van der Waals surface area contributed by atoms with E-state index < -0.39 is 0 Å². The normalized spacial score (nSPS) is 26.5. The van der Waals surface area contributed by atoms with Crippen molar-refractivity contribution in [2.45, 2.75) is 70.1 Å². The molecule has 166 valence electrons. The molecule has 2 aliphatic rings. The van der Waals surface area contributed by atoms with E-state index >= 15 is 4.39 Å². The van der Waals surface area contributed by atoms with Crippen molar-refractivity contribution in [1.29, 1.82) is 0 Å². The van der Waals surface area contributed by atoms with E-state index in [0.29, 0.717) is 17.9 Å². The van der Waals surface area contributed by atoms with Gasteiger partial charge in [-0.25, -0.2) is 4.39 Å². The Morgan fingerprint density at radius 2 is 1.58 bits per heavy atom. The lowest BCUT2D eigenvalue weighted by Gasteiger charge is -2.38. The number of hydrogen-bond donors (Lipinski definition) is 0. The fourth-order valence-corrected chi connectivity index (χ4v) is 6.05. The SMILES string of the molecule is C=CCCC1CCC(C2CCC(c3ccc4cc(OCC=C)ccc4c3F)CC2)CC1. The van der Waals surface area contributed by atoms with E-state index in [9.17, 15) is 0 Å². The maximum absolute atomic E-state index is 15.4. The van der Waals surface area contributed by atoms with Crippen molar-refractivity contribution in [2.24, 2.45) is 17.8 Å². The van der Waals surface area contributed by atoms with Crippen LogP contribution in [-0.2, 0) is 0 Å². The van der Waals surface area contributed by atoms with E-state index in [1.54, 1.807) is 6.08 Å². The second kappa shape index (κ2) is 10.5. The zero-order valence-electron chi connectivity index (χ0n) is 18.8. The van der Waals surface area contributed by atoms with Gasteiger partial charge in [-0.1, -0.05) is 43.7 Å². The molecule has 2 aromatic rings. The highest BCUT2D eigenvalue weighted by atomic mass is 19.1. The van der Waals surface area contributed by atoms with Crippen molar-refractivity contribution in [3.63, 3.8) is 0 Å². The molecule has 0 saturated heterocycles. The maximum atomic E-state index is 15.4. The minimum atomic E-state index is -0.0288. The van der Waals surface area contributed by atoms with Gasteiger partial charge >= 0.3 is 0 Å². The predicted molar refractivity (Wildman–Crippen MR) is 129 cm³/mol.